The van der Waals surface area contributed by atoms with Crippen LogP contribution in [0.2, 0.25) is 0 Å². The molecule has 4 rings (SSSR count). The van der Waals surface area contributed by atoms with E-state index in [9.17, 15) is 0 Å². The molecule has 1 radical (unpaired) electrons. The van der Waals surface area contributed by atoms with Crippen LogP contribution in [0.3, 0.4) is 0 Å². The zero-order valence-electron chi connectivity index (χ0n) is 7.59. The summed E-state index contributed by atoms with van der Waals surface area (Å²) >= 11 is 1.93. The maximum Gasteiger partial charge on any atom is 0.0168 e. The molecule has 0 atom stereocenters. The number of hydrogen-bond donors (Lipinski definition) is 0. The van der Waals surface area contributed by atoms with Crippen LogP contribution >= 0.6 is 11.8 Å². The molecule has 0 N–H and O–H groups in total. The van der Waals surface area contributed by atoms with Crippen molar-refractivity contribution >= 4 is 11.8 Å². The lowest BCUT2D eigenvalue weighted by Gasteiger charge is -2.56. The minimum atomic E-state index is 0.648. The second-order valence-corrected chi connectivity index (χ2v) is 6.40. The minimum Gasteiger partial charge on any atom is -0.154 e. The van der Waals surface area contributed by atoms with E-state index in [1.54, 1.807) is 19.3 Å². The van der Waals surface area contributed by atoms with Crippen molar-refractivity contribution in [3.05, 3.63) is 6.26 Å². The molecule has 4 saturated carbocycles. The molecule has 0 aromatic heterocycles. The number of thioether (sulfide) groups is 1. The first-order chi connectivity index (χ1) is 5.80. The van der Waals surface area contributed by atoms with E-state index in [0.29, 0.717) is 4.75 Å². The summed E-state index contributed by atoms with van der Waals surface area (Å²) in [4.78, 5) is 0. The van der Waals surface area contributed by atoms with Crippen molar-refractivity contribution in [2.75, 3.05) is 0 Å². The first kappa shape index (κ1) is 7.73. The maximum atomic E-state index is 4.09. The van der Waals surface area contributed by atoms with Crippen molar-refractivity contribution in [3.8, 4) is 0 Å². The highest BCUT2D eigenvalue weighted by atomic mass is 32.2. The third kappa shape index (κ3) is 0.982. The van der Waals surface area contributed by atoms with Gasteiger partial charge in [0, 0.05) is 11.0 Å². The van der Waals surface area contributed by atoms with Crippen LogP contribution in [0.1, 0.15) is 38.5 Å². The second kappa shape index (κ2) is 2.43. The van der Waals surface area contributed by atoms with Gasteiger partial charge >= 0.3 is 0 Å². The first-order valence-electron chi connectivity index (χ1n) is 5.23. The lowest BCUT2D eigenvalue weighted by atomic mass is 9.56. The Morgan fingerprint density at radius 2 is 1.33 bits per heavy atom. The van der Waals surface area contributed by atoms with Gasteiger partial charge in [-0.15, -0.1) is 0 Å². The average molecular weight is 181 g/mol. The lowest BCUT2D eigenvalue weighted by Crippen LogP contribution is -2.48. The third-order valence-electron chi connectivity index (χ3n) is 4.29. The van der Waals surface area contributed by atoms with Gasteiger partial charge in [-0.3, -0.25) is 0 Å². The van der Waals surface area contributed by atoms with E-state index < -0.39 is 0 Å². The van der Waals surface area contributed by atoms with E-state index in [2.05, 4.69) is 6.26 Å². The quantitative estimate of drug-likeness (QED) is 0.597. The van der Waals surface area contributed by atoms with Gasteiger partial charge in [0.25, 0.3) is 0 Å². The van der Waals surface area contributed by atoms with Gasteiger partial charge in [0.1, 0.15) is 0 Å². The predicted molar refractivity (Wildman–Crippen MR) is 53.9 cm³/mol. The van der Waals surface area contributed by atoms with E-state index in [-0.39, 0.29) is 0 Å². The molecule has 0 heterocycles. The summed E-state index contributed by atoms with van der Waals surface area (Å²) < 4.78 is 0.648. The summed E-state index contributed by atoms with van der Waals surface area (Å²) in [6, 6.07) is 0. The largest absolute Gasteiger partial charge is 0.154 e. The molecular formula is C11H17S. The van der Waals surface area contributed by atoms with Gasteiger partial charge in [-0.1, -0.05) is 0 Å². The Bertz CT molecular complexity index is 162. The van der Waals surface area contributed by atoms with Crippen LogP contribution in [0, 0.1) is 24.0 Å². The fourth-order valence-electron chi connectivity index (χ4n) is 4.21. The van der Waals surface area contributed by atoms with Crippen molar-refractivity contribution in [2.24, 2.45) is 17.8 Å². The molecule has 4 aliphatic rings. The molecule has 0 aliphatic heterocycles. The van der Waals surface area contributed by atoms with Crippen LogP contribution in [-0.2, 0) is 0 Å². The third-order valence-corrected chi connectivity index (χ3v) is 5.40. The molecule has 4 bridgehead atoms. The number of hydrogen-bond acceptors (Lipinski definition) is 1. The van der Waals surface area contributed by atoms with E-state index in [1.165, 1.54) is 19.3 Å². The summed E-state index contributed by atoms with van der Waals surface area (Å²) in [5, 5.41) is 0. The molecule has 0 aromatic rings. The van der Waals surface area contributed by atoms with E-state index >= 15 is 0 Å². The predicted octanol–water partition coefficient (Wildman–Crippen LogP) is 3.48. The Morgan fingerprint density at radius 1 is 0.917 bits per heavy atom. The standard InChI is InChI=1S/C11H17S/c1-12-11-5-8-2-9(6-11)4-10(3-8)7-11/h8-10H,1-7H2. The highest BCUT2D eigenvalue weighted by Gasteiger charge is 2.50. The van der Waals surface area contributed by atoms with Gasteiger partial charge in [0.05, 0.1) is 0 Å². The number of rotatable bonds is 1. The molecule has 4 aliphatic carbocycles. The maximum absolute atomic E-state index is 4.09. The van der Waals surface area contributed by atoms with Crippen LogP contribution in [-0.4, -0.2) is 4.75 Å². The Labute approximate surface area is 79.5 Å². The topological polar surface area (TPSA) is 0 Å². The summed E-state index contributed by atoms with van der Waals surface area (Å²) in [6.07, 6.45) is 13.2. The summed E-state index contributed by atoms with van der Waals surface area (Å²) in [7, 11) is 0. The normalized spacial score (nSPS) is 56.2. The van der Waals surface area contributed by atoms with Crippen LogP contribution in [0.25, 0.3) is 0 Å². The molecule has 0 spiro atoms. The monoisotopic (exact) mass is 181 g/mol. The van der Waals surface area contributed by atoms with Crippen molar-refractivity contribution in [1.82, 2.24) is 0 Å². The van der Waals surface area contributed by atoms with Gasteiger partial charge in [-0.2, -0.15) is 11.8 Å². The van der Waals surface area contributed by atoms with Gasteiger partial charge in [-0.25, -0.2) is 0 Å². The van der Waals surface area contributed by atoms with E-state index in [1.807, 2.05) is 11.8 Å². The molecule has 4 fully saturated rings. The highest BCUT2D eigenvalue weighted by molar-refractivity contribution is 8.01. The Kier molecular flexibility index (Phi) is 1.57. The summed E-state index contributed by atoms with van der Waals surface area (Å²) in [6.45, 7) is 0. The Morgan fingerprint density at radius 3 is 1.67 bits per heavy atom. The summed E-state index contributed by atoms with van der Waals surface area (Å²) in [5.74, 6) is 3.27. The van der Waals surface area contributed by atoms with Crippen LogP contribution < -0.4 is 0 Å². The van der Waals surface area contributed by atoms with Crippen molar-refractivity contribution in [3.63, 3.8) is 0 Å². The van der Waals surface area contributed by atoms with Gasteiger partial charge in [-0.05, 0) is 56.3 Å². The molecule has 0 saturated heterocycles. The Balaban J connectivity index is 1.90. The smallest absolute Gasteiger partial charge is 0.0168 e. The second-order valence-electron chi connectivity index (χ2n) is 5.24. The molecule has 0 unspecified atom stereocenters. The molecule has 67 valence electrons. The zero-order valence-corrected chi connectivity index (χ0v) is 8.41. The van der Waals surface area contributed by atoms with E-state index in [0.717, 1.165) is 17.8 Å². The van der Waals surface area contributed by atoms with E-state index in [4.69, 9.17) is 0 Å². The van der Waals surface area contributed by atoms with Crippen molar-refractivity contribution in [1.29, 1.82) is 0 Å². The van der Waals surface area contributed by atoms with Crippen molar-refractivity contribution < 1.29 is 0 Å². The van der Waals surface area contributed by atoms with Gasteiger partial charge in [0.2, 0.25) is 0 Å². The highest BCUT2D eigenvalue weighted by Crippen LogP contribution is 2.60. The van der Waals surface area contributed by atoms with Crippen LogP contribution in [0.15, 0.2) is 0 Å². The molecule has 12 heavy (non-hydrogen) atoms. The molecule has 0 amide bonds. The van der Waals surface area contributed by atoms with Crippen molar-refractivity contribution in [2.45, 2.75) is 43.3 Å². The molecule has 0 aromatic carbocycles. The SMILES string of the molecule is [CH2]SC12CC3CC(CC(C3)C1)C2. The molecular weight excluding hydrogens is 164 g/mol. The first-order valence-corrected chi connectivity index (χ1v) is 6.21. The average Bonchev–Trinajstić information content (AvgIpc) is 2.02. The summed E-state index contributed by atoms with van der Waals surface area (Å²) in [5.41, 5.74) is 0. The fourth-order valence-corrected chi connectivity index (χ4v) is 5.27. The Hall–Kier alpha value is 0.350. The molecule has 1 heteroatoms. The molecule has 0 nitrogen and oxygen atoms in total. The zero-order chi connectivity index (χ0) is 8.18. The minimum absolute atomic E-state index is 0.648. The fraction of sp³-hybridized carbons (Fsp3) is 0.909. The van der Waals surface area contributed by atoms with Crippen LogP contribution in [0.4, 0.5) is 0 Å². The van der Waals surface area contributed by atoms with Gasteiger partial charge < -0.3 is 0 Å². The van der Waals surface area contributed by atoms with Gasteiger partial charge in [0.15, 0.2) is 0 Å². The lowest BCUT2D eigenvalue weighted by molar-refractivity contribution is 0.0386. The van der Waals surface area contributed by atoms with Crippen LogP contribution in [0.5, 0.6) is 0 Å².